The van der Waals surface area contributed by atoms with E-state index >= 15 is 0 Å². The third-order valence-electron chi connectivity index (χ3n) is 7.09. The zero-order valence-electron chi connectivity index (χ0n) is 17.8. The highest BCUT2D eigenvalue weighted by Gasteiger charge is 2.81. The molecule has 8 nitrogen and oxygen atoms in total. The quantitative estimate of drug-likeness (QED) is 0.697. The number of anilines is 1. The zero-order chi connectivity index (χ0) is 24.0. The lowest BCUT2D eigenvalue weighted by atomic mass is 9.61. The molecule has 0 saturated carbocycles. The summed E-state index contributed by atoms with van der Waals surface area (Å²) in [5.41, 5.74) is -7.11. The predicted octanol–water partition coefficient (Wildman–Crippen LogP) is 1.25. The fourth-order valence-corrected chi connectivity index (χ4v) is 5.76. The molecule has 0 radical (unpaired) electrons. The van der Waals surface area contributed by atoms with Gasteiger partial charge < -0.3 is 19.8 Å². The van der Waals surface area contributed by atoms with Crippen LogP contribution in [-0.2, 0) is 20.5 Å². The van der Waals surface area contributed by atoms with Crippen molar-refractivity contribution >= 4 is 17.5 Å². The first-order chi connectivity index (χ1) is 14.6. The van der Waals surface area contributed by atoms with Crippen LogP contribution in [0.15, 0.2) is 18.2 Å². The molecule has 32 heavy (non-hydrogen) atoms. The summed E-state index contributed by atoms with van der Waals surface area (Å²) in [5.74, 6) is -3.49. The highest BCUT2D eigenvalue weighted by molar-refractivity contribution is 6.01. The van der Waals surface area contributed by atoms with Crippen molar-refractivity contribution in [2.45, 2.75) is 49.5 Å². The number of hydrogen-bond acceptors (Lipinski definition) is 6. The van der Waals surface area contributed by atoms with Crippen LogP contribution in [0.4, 0.5) is 18.9 Å². The standard InChI is InChI=1S/C21H22F3N3O5/c1-18-9-20(31,17(30)26(3)4)19(2,32-18)14-13(18)15(28)27(16(14)29)11-6-5-10(8-25)12(7-11)21(22,23)24/h5-7,13-15,28,31H,9H2,1-4H3/t13-,14+,15?,18?,19?,20-/m1/s1. The van der Waals surface area contributed by atoms with E-state index in [1.54, 1.807) is 6.92 Å². The molecule has 11 heteroatoms. The van der Waals surface area contributed by atoms with Gasteiger partial charge in [-0.1, -0.05) is 0 Å². The maximum Gasteiger partial charge on any atom is 0.417 e. The molecule has 0 spiro atoms. The molecule has 3 heterocycles. The number of ether oxygens (including phenoxy) is 1. The van der Waals surface area contributed by atoms with Gasteiger partial charge in [-0.05, 0) is 32.0 Å². The second kappa shape index (κ2) is 6.43. The van der Waals surface area contributed by atoms with E-state index in [4.69, 9.17) is 10.00 Å². The normalized spacial score (nSPS) is 38.1. The fourth-order valence-electron chi connectivity index (χ4n) is 5.76. The van der Waals surface area contributed by atoms with Gasteiger partial charge in [-0.2, -0.15) is 18.4 Å². The molecule has 3 saturated heterocycles. The van der Waals surface area contributed by atoms with Gasteiger partial charge in [0.25, 0.3) is 5.91 Å². The molecule has 2 bridgehead atoms. The second-order valence-corrected chi connectivity index (χ2v) is 9.22. The Kier molecular flexibility index (Phi) is 4.53. The van der Waals surface area contributed by atoms with E-state index in [0.717, 1.165) is 17.0 Å². The number of nitriles is 1. The first kappa shape index (κ1) is 22.5. The third-order valence-corrected chi connectivity index (χ3v) is 7.09. The van der Waals surface area contributed by atoms with Crippen LogP contribution in [0.2, 0.25) is 0 Å². The van der Waals surface area contributed by atoms with Crippen molar-refractivity contribution < 1.29 is 37.7 Å². The highest BCUT2D eigenvalue weighted by atomic mass is 19.4. The lowest BCUT2D eigenvalue weighted by molar-refractivity contribution is -0.174. The molecule has 3 unspecified atom stereocenters. The Morgan fingerprint density at radius 3 is 2.50 bits per heavy atom. The average Bonchev–Trinajstić information content (AvgIpc) is 3.19. The van der Waals surface area contributed by atoms with Gasteiger partial charge in [0.2, 0.25) is 5.91 Å². The van der Waals surface area contributed by atoms with Crippen molar-refractivity contribution in [3.05, 3.63) is 29.3 Å². The Hall–Kier alpha value is -2.68. The summed E-state index contributed by atoms with van der Waals surface area (Å²) >= 11 is 0. The van der Waals surface area contributed by atoms with Crippen molar-refractivity contribution in [2.75, 3.05) is 19.0 Å². The highest BCUT2D eigenvalue weighted by Crippen LogP contribution is 2.66. The molecular weight excluding hydrogens is 431 g/mol. The molecule has 1 aromatic rings. The van der Waals surface area contributed by atoms with E-state index in [1.807, 2.05) is 0 Å². The first-order valence-corrected chi connectivity index (χ1v) is 9.89. The number of aliphatic hydroxyl groups is 2. The van der Waals surface area contributed by atoms with Crippen molar-refractivity contribution in [1.82, 2.24) is 4.90 Å². The fraction of sp³-hybridized carbons (Fsp3) is 0.571. The Morgan fingerprint density at radius 2 is 1.97 bits per heavy atom. The lowest BCUT2D eigenvalue weighted by Gasteiger charge is -2.43. The molecule has 3 fully saturated rings. The predicted molar refractivity (Wildman–Crippen MR) is 103 cm³/mol. The number of aliphatic hydroxyl groups excluding tert-OH is 1. The number of rotatable bonds is 2. The summed E-state index contributed by atoms with van der Waals surface area (Å²) in [4.78, 5) is 28.3. The SMILES string of the molecule is CN(C)C(=O)[C@]1(O)CC2(C)OC1(C)[C@@H]1C(=O)N(c3ccc(C#N)c(C(F)(F)F)c3)C(O)[C@@H]12. The number of alkyl halides is 3. The van der Waals surface area contributed by atoms with Gasteiger partial charge in [0.05, 0.1) is 28.7 Å². The van der Waals surface area contributed by atoms with Gasteiger partial charge in [-0.15, -0.1) is 0 Å². The minimum absolute atomic E-state index is 0.186. The van der Waals surface area contributed by atoms with Gasteiger partial charge in [0, 0.05) is 32.1 Å². The van der Waals surface area contributed by atoms with E-state index in [9.17, 15) is 33.0 Å². The number of carbonyl (C=O) groups excluding carboxylic acids is 2. The molecule has 2 amide bonds. The Morgan fingerprint density at radius 1 is 1.34 bits per heavy atom. The maximum absolute atomic E-state index is 13.4. The van der Waals surface area contributed by atoms with Crippen LogP contribution in [0.5, 0.6) is 0 Å². The lowest BCUT2D eigenvalue weighted by Crippen LogP contribution is -2.64. The van der Waals surface area contributed by atoms with Crippen LogP contribution in [0, 0.1) is 23.2 Å². The number of likely N-dealkylation sites (N-methyl/N-ethyl adjacent to an activating group) is 1. The number of hydrogen-bond donors (Lipinski definition) is 2. The van der Waals surface area contributed by atoms with Crippen LogP contribution in [0.1, 0.15) is 31.4 Å². The summed E-state index contributed by atoms with van der Waals surface area (Å²) < 4.78 is 46.3. The van der Waals surface area contributed by atoms with E-state index < -0.39 is 64.0 Å². The summed E-state index contributed by atoms with van der Waals surface area (Å²) in [5, 5.41) is 31.4. The van der Waals surface area contributed by atoms with Crippen LogP contribution >= 0.6 is 0 Å². The molecular formula is C21H22F3N3O5. The largest absolute Gasteiger partial charge is 0.417 e. The Bertz CT molecular complexity index is 1070. The van der Waals surface area contributed by atoms with Crippen molar-refractivity contribution in [2.24, 2.45) is 11.8 Å². The summed E-state index contributed by atoms with van der Waals surface area (Å²) in [6, 6.07) is 4.21. The second-order valence-electron chi connectivity index (χ2n) is 9.22. The third kappa shape index (κ3) is 2.60. The van der Waals surface area contributed by atoms with Gasteiger partial charge >= 0.3 is 6.18 Å². The van der Waals surface area contributed by atoms with Gasteiger partial charge in [0.15, 0.2) is 5.60 Å². The smallest absolute Gasteiger partial charge is 0.377 e. The van der Waals surface area contributed by atoms with Gasteiger partial charge in [-0.25, -0.2) is 0 Å². The molecule has 0 aromatic heterocycles. The van der Waals surface area contributed by atoms with Crippen LogP contribution in [0.3, 0.4) is 0 Å². The Labute approximate surface area is 181 Å². The van der Waals surface area contributed by atoms with E-state index in [-0.39, 0.29) is 12.1 Å². The summed E-state index contributed by atoms with van der Waals surface area (Å²) in [6.07, 6.45) is -6.58. The average molecular weight is 453 g/mol. The molecule has 3 aliphatic rings. The molecule has 2 N–H and O–H groups in total. The topological polar surface area (TPSA) is 114 Å². The summed E-state index contributed by atoms with van der Waals surface area (Å²) in [7, 11) is 2.89. The van der Waals surface area contributed by atoms with E-state index in [2.05, 4.69) is 0 Å². The molecule has 3 aliphatic heterocycles. The van der Waals surface area contributed by atoms with E-state index in [0.29, 0.717) is 6.07 Å². The number of benzene rings is 1. The Balaban J connectivity index is 1.81. The molecule has 172 valence electrons. The van der Waals surface area contributed by atoms with Crippen molar-refractivity contribution in [1.29, 1.82) is 5.26 Å². The first-order valence-electron chi connectivity index (χ1n) is 9.89. The molecule has 4 rings (SSSR count). The molecule has 0 aliphatic carbocycles. The monoisotopic (exact) mass is 453 g/mol. The van der Waals surface area contributed by atoms with Crippen molar-refractivity contribution in [3.63, 3.8) is 0 Å². The number of amides is 2. The minimum Gasteiger partial charge on any atom is -0.377 e. The number of carbonyl (C=O) groups is 2. The minimum atomic E-state index is -4.84. The van der Waals surface area contributed by atoms with E-state index in [1.165, 1.54) is 32.0 Å². The number of fused-ring (bicyclic) bond motifs is 5. The van der Waals surface area contributed by atoms with Crippen LogP contribution < -0.4 is 4.90 Å². The number of halogens is 3. The zero-order valence-corrected chi connectivity index (χ0v) is 17.8. The van der Waals surface area contributed by atoms with Gasteiger partial charge in [0.1, 0.15) is 11.8 Å². The molecule has 1 aromatic carbocycles. The number of nitrogens with zero attached hydrogens (tertiary/aromatic N) is 3. The van der Waals surface area contributed by atoms with Crippen LogP contribution in [-0.4, -0.2) is 64.1 Å². The summed E-state index contributed by atoms with van der Waals surface area (Å²) in [6.45, 7) is 2.98. The molecule has 6 atom stereocenters. The van der Waals surface area contributed by atoms with Crippen LogP contribution in [0.25, 0.3) is 0 Å². The van der Waals surface area contributed by atoms with Crippen molar-refractivity contribution in [3.8, 4) is 6.07 Å². The maximum atomic E-state index is 13.4. The van der Waals surface area contributed by atoms with Gasteiger partial charge in [-0.3, -0.25) is 14.5 Å².